The molecule has 2 aromatic heterocycles. The summed E-state index contributed by atoms with van der Waals surface area (Å²) >= 11 is 0. The van der Waals surface area contributed by atoms with Crippen molar-refractivity contribution in [3.63, 3.8) is 0 Å². The number of hydrogen-bond donors (Lipinski definition) is 2. The maximum atomic E-state index is 12.8. The quantitative estimate of drug-likeness (QED) is 0.497. The lowest BCUT2D eigenvalue weighted by Crippen LogP contribution is -2.53. The minimum Gasteiger partial charge on any atom is -0.478 e. The zero-order valence-corrected chi connectivity index (χ0v) is 15.4. The fourth-order valence-electron chi connectivity index (χ4n) is 3.06. The number of urea groups is 1. The predicted octanol–water partition coefficient (Wildman–Crippen LogP) is 2.43. The van der Waals surface area contributed by atoms with Crippen LogP contribution in [0.4, 0.5) is 4.79 Å². The molecule has 0 atom stereocenters. The van der Waals surface area contributed by atoms with E-state index in [-0.39, 0.29) is 17.7 Å². The number of nitrogens with zero attached hydrogens (tertiary/aromatic N) is 2. The molecule has 2 N–H and O–H groups in total. The Morgan fingerprint density at radius 2 is 1.83 bits per heavy atom. The van der Waals surface area contributed by atoms with Gasteiger partial charge in [0.2, 0.25) is 0 Å². The highest BCUT2D eigenvalue weighted by Gasteiger charge is 2.36. The Kier molecular flexibility index (Phi) is 4.77. The number of barbiturate groups is 1. The SMILES string of the molecule is O=C1NC(=O)N(Cc2ccco2)C(=O)/C1=C/c1cccn1-c1ccc(C(=O)O)cc1. The molecule has 0 spiro atoms. The van der Waals surface area contributed by atoms with E-state index in [4.69, 9.17) is 9.52 Å². The Balaban J connectivity index is 1.66. The molecule has 1 aliphatic heterocycles. The highest BCUT2D eigenvalue weighted by molar-refractivity contribution is 6.30. The summed E-state index contributed by atoms with van der Waals surface area (Å²) < 4.78 is 6.87. The zero-order valence-electron chi connectivity index (χ0n) is 15.4. The topological polar surface area (TPSA) is 122 Å². The molecule has 4 amide bonds. The van der Waals surface area contributed by atoms with E-state index in [1.165, 1.54) is 24.5 Å². The smallest absolute Gasteiger partial charge is 0.335 e. The van der Waals surface area contributed by atoms with Crippen LogP contribution in [0.3, 0.4) is 0 Å². The van der Waals surface area contributed by atoms with Crippen molar-refractivity contribution in [1.29, 1.82) is 0 Å². The van der Waals surface area contributed by atoms with E-state index < -0.39 is 23.8 Å². The number of amides is 4. The Morgan fingerprint density at radius 3 is 2.50 bits per heavy atom. The van der Waals surface area contributed by atoms with Gasteiger partial charge in [0.25, 0.3) is 11.8 Å². The first kappa shape index (κ1) is 18.9. The maximum absolute atomic E-state index is 12.8. The largest absolute Gasteiger partial charge is 0.478 e. The van der Waals surface area contributed by atoms with Crippen LogP contribution in [0.25, 0.3) is 11.8 Å². The van der Waals surface area contributed by atoms with Crippen molar-refractivity contribution in [2.75, 3.05) is 0 Å². The van der Waals surface area contributed by atoms with Gasteiger partial charge < -0.3 is 14.1 Å². The first-order chi connectivity index (χ1) is 14.4. The standard InChI is InChI=1S/C21H15N3O6/c25-18-17(19(26)24(21(29)22-18)12-16-4-2-10-30-16)11-15-3-1-9-23(15)14-7-5-13(6-8-14)20(27)28/h1-11H,12H2,(H,27,28)(H,22,25,29)/b17-11+. The third kappa shape index (κ3) is 3.51. The Hall–Kier alpha value is -4.40. The van der Waals surface area contributed by atoms with E-state index in [0.717, 1.165) is 4.90 Å². The third-order valence-electron chi connectivity index (χ3n) is 4.54. The Bertz CT molecular complexity index is 1170. The summed E-state index contributed by atoms with van der Waals surface area (Å²) in [5.74, 6) is -2.18. The van der Waals surface area contributed by atoms with Crippen molar-refractivity contribution >= 4 is 29.9 Å². The van der Waals surface area contributed by atoms with E-state index in [2.05, 4.69) is 5.32 Å². The number of benzene rings is 1. The number of carboxylic acids is 1. The van der Waals surface area contributed by atoms with Gasteiger partial charge in [0, 0.05) is 17.6 Å². The molecule has 9 heteroatoms. The molecule has 150 valence electrons. The second-order valence-electron chi connectivity index (χ2n) is 6.44. The predicted molar refractivity (Wildman–Crippen MR) is 104 cm³/mol. The van der Waals surface area contributed by atoms with Gasteiger partial charge in [0.1, 0.15) is 11.3 Å². The second-order valence-corrected chi connectivity index (χ2v) is 6.44. The fraction of sp³-hybridized carbons (Fsp3) is 0.0476. The van der Waals surface area contributed by atoms with Crippen molar-refractivity contribution in [3.8, 4) is 5.69 Å². The van der Waals surface area contributed by atoms with Crippen LogP contribution in [-0.4, -0.2) is 38.4 Å². The molecule has 0 aliphatic carbocycles. The molecule has 3 heterocycles. The number of carbonyl (C=O) groups excluding carboxylic acids is 3. The Morgan fingerprint density at radius 1 is 1.07 bits per heavy atom. The molecular formula is C21H15N3O6. The molecule has 1 aliphatic rings. The monoisotopic (exact) mass is 405 g/mol. The van der Waals surface area contributed by atoms with Crippen LogP contribution < -0.4 is 5.32 Å². The van der Waals surface area contributed by atoms with Crippen molar-refractivity contribution in [3.05, 3.63) is 83.6 Å². The van der Waals surface area contributed by atoms with Gasteiger partial charge in [0.15, 0.2) is 0 Å². The zero-order chi connectivity index (χ0) is 21.3. The van der Waals surface area contributed by atoms with Gasteiger partial charge in [-0.05, 0) is 54.6 Å². The number of hydrogen-bond acceptors (Lipinski definition) is 5. The van der Waals surface area contributed by atoms with Gasteiger partial charge >= 0.3 is 12.0 Å². The van der Waals surface area contributed by atoms with Gasteiger partial charge in [0.05, 0.1) is 18.4 Å². The highest BCUT2D eigenvalue weighted by Crippen LogP contribution is 2.20. The van der Waals surface area contributed by atoms with E-state index >= 15 is 0 Å². The number of imide groups is 2. The van der Waals surface area contributed by atoms with E-state index in [1.807, 2.05) is 0 Å². The Labute approximate surface area is 169 Å². The average molecular weight is 405 g/mol. The molecule has 1 aromatic carbocycles. The molecule has 1 saturated heterocycles. The van der Waals surface area contributed by atoms with Crippen LogP contribution >= 0.6 is 0 Å². The first-order valence-corrected chi connectivity index (χ1v) is 8.86. The number of aromatic nitrogens is 1. The number of furan rings is 1. The van der Waals surface area contributed by atoms with E-state index in [9.17, 15) is 19.2 Å². The first-order valence-electron chi connectivity index (χ1n) is 8.86. The molecule has 4 rings (SSSR count). The van der Waals surface area contributed by atoms with Gasteiger partial charge in [-0.15, -0.1) is 0 Å². The highest BCUT2D eigenvalue weighted by atomic mass is 16.4. The summed E-state index contributed by atoms with van der Waals surface area (Å²) in [6, 6.07) is 12.0. The minimum absolute atomic E-state index is 0.111. The van der Waals surface area contributed by atoms with Crippen LogP contribution in [0, 0.1) is 0 Å². The number of carboxylic acid groups (broad SMARTS) is 1. The van der Waals surface area contributed by atoms with Crippen molar-refractivity contribution in [2.45, 2.75) is 6.54 Å². The summed E-state index contributed by atoms with van der Waals surface area (Å²) in [5.41, 5.74) is 1.08. The number of rotatable bonds is 5. The summed E-state index contributed by atoms with van der Waals surface area (Å²) in [6.07, 6.45) is 4.51. The molecule has 0 bridgehead atoms. The van der Waals surface area contributed by atoms with Crippen LogP contribution in [0.1, 0.15) is 21.8 Å². The number of aromatic carboxylic acids is 1. The van der Waals surface area contributed by atoms with Gasteiger partial charge in [-0.2, -0.15) is 0 Å². The summed E-state index contributed by atoms with van der Waals surface area (Å²) in [4.78, 5) is 49.2. The minimum atomic E-state index is -1.04. The molecule has 9 nitrogen and oxygen atoms in total. The van der Waals surface area contributed by atoms with Crippen molar-refractivity contribution in [2.24, 2.45) is 0 Å². The number of carbonyl (C=O) groups is 4. The molecule has 1 fully saturated rings. The lowest BCUT2D eigenvalue weighted by Gasteiger charge is -2.25. The summed E-state index contributed by atoms with van der Waals surface area (Å²) in [7, 11) is 0. The molecule has 30 heavy (non-hydrogen) atoms. The normalized spacial score (nSPS) is 15.5. The maximum Gasteiger partial charge on any atom is 0.335 e. The van der Waals surface area contributed by atoms with Crippen molar-refractivity contribution < 1.29 is 28.7 Å². The van der Waals surface area contributed by atoms with Crippen molar-refractivity contribution in [1.82, 2.24) is 14.8 Å². The second kappa shape index (κ2) is 7.55. The average Bonchev–Trinajstić information content (AvgIpc) is 3.40. The van der Waals surface area contributed by atoms with Crippen LogP contribution in [0.2, 0.25) is 0 Å². The van der Waals surface area contributed by atoms with E-state index in [1.54, 1.807) is 47.2 Å². The van der Waals surface area contributed by atoms with Crippen LogP contribution in [0.15, 0.2) is 71.0 Å². The molecular weight excluding hydrogens is 390 g/mol. The van der Waals surface area contributed by atoms with Crippen LogP contribution in [-0.2, 0) is 16.1 Å². The molecule has 0 saturated carbocycles. The molecule has 0 radical (unpaired) electrons. The summed E-state index contributed by atoms with van der Waals surface area (Å²) in [5, 5.41) is 11.2. The van der Waals surface area contributed by atoms with Crippen LogP contribution in [0.5, 0.6) is 0 Å². The van der Waals surface area contributed by atoms with E-state index in [0.29, 0.717) is 17.1 Å². The lowest BCUT2D eigenvalue weighted by atomic mass is 10.1. The third-order valence-corrected chi connectivity index (χ3v) is 4.54. The summed E-state index contributed by atoms with van der Waals surface area (Å²) in [6.45, 7) is -0.111. The molecule has 0 unspecified atom stereocenters. The van der Waals surface area contributed by atoms with Gasteiger partial charge in [-0.1, -0.05) is 0 Å². The molecule has 3 aromatic rings. The fourth-order valence-corrected chi connectivity index (χ4v) is 3.06. The van der Waals surface area contributed by atoms with Gasteiger partial charge in [-0.25, -0.2) is 9.59 Å². The number of nitrogens with one attached hydrogen (secondary N) is 1. The lowest BCUT2D eigenvalue weighted by molar-refractivity contribution is -0.130. The van der Waals surface area contributed by atoms with Gasteiger partial charge in [-0.3, -0.25) is 19.8 Å².